The van der Waals surface area contributed by atoms with Crippen LogP contribution in [0.4, 0.5) is 10.1 Å². The van der Waals surface area contributed by atoms with E-state index in [1.165, 1.54) is 13.8 Å². The number of alkyl halides is 1. The highest BCUT2D eigenvalue weighted by molar-refractivity contribution is 5.85. The number of H-pyrrole nitrogens is 1. The number of anilines is 1. The molecule has 4 nitrogen and oxygen atoms in total. The minimum atomic E-state index is -1.32. The summed E-state index contributed by atoms with van der Waals surface area (Å²) >= 11 is 0. The molecule has 0 amide bonds. The fraction of sp³-hybridized carbons (Fsp3) is 0.364. The van der Waals surface area contributed by atoms with Crippen molar-refractivity contribution in [1.82, 2.24) is 4.98 Å². The number of para-hydroxylation sites is 1. The number of aromatic amines is 1. The van der Waals surface area contributed by atoms with Crippen LogP contribution < -0.4 is 11.1 Å². The molecule has 0 unspecified atom stereocenters. The van der Waals surface area contributed by atoms with Gasteiger partial charge in [-0.2, -0.15) is 0 Å². The van der Waals surface area contributed by atoms with Crippen LogP contribution in [-0.2, 0) is 0 Å². The summed E-state index contributed by atoms with van der Waals surface area (Å²) in [5.41, 5.74) is 0.323. The molecule has 16 heavy (non-hydrogen) atoms. The van der Waals surface area contributed by atoms with Crippen molar-refractivity contribution in [2.24, 2.45) is 0 Å². The molecule has 0 aliphatic heterocycles. The summed E-state index contributed by atoms with van der Waals surface area (Å²) in [6.45, 7) is 3.11. The van der Waals surface area contributed by atoms with Crippen molar-refractivity contribution in [1.29, 1.82) is 0 Å². The van der Waals surface area contributed by atoms with E-state index in [0.29, 0.717) is 16.8 Å². The minimum absolute atomic E-state index is 0.154. The van der Waals surface area contributed by atoms with Gasteiger partial charge in [0.25, 0.3) is 0 Å². The number of aromatic nitrogens is 1. The fourth-order valence-electron chi connectivity index (χ4n) is 1.42. The van der Waals surface area contributed by atoms with Crippen LogP contribution in [0.15, 0.2) is 27.4 Å². The van der Waals surface area contributed by atoms with Gasteiger partial charge in [0.1, 0.15) is 5.67 Å². The molecule has 0 fully saturated rings. The zero-order valence-corrected chi connectivity index (χ0v) is 9.13. The highest BCUT2D eigenvalue weighted by atomic mass is 19.1. The van der Waals surface area contributed by atoms with E-state index >= 15 is 0 Å². The Morgan fingerprint density at radius 3 is 2.94 bits per heavy atom. The third kappa shape index (κ3) is 2.24. The molecular formula is C11H13FN2O2. The Morgan fingerprint density at radius 2 is 2.25 bits per heavy atom. The molecule has 0 atom stereocenters. The van der Waals surface area contributed by atoms with Crippen LogP contribution in [-0.4, -0.2) is 17.2 Å². The van der Waals surface area contributed by atoms with Crippen molar-refractivity contribution in [3.63, 3.8) is 0 Å². The SMILES string of the molecule is CC(C)(F)CNc1cccc2[nH]c(=O)oc12. The second-order valence-corrected chi connectivity index (χ2v) is 4.27. The normalized spacial score (nSPS) is 11.9. The van der Waals surface area contributed by atoms with E-state index in [1.54, 1.807) is 18.2 Å². The summed E-state index contributed by atoms with van der Waals surface area (Å²) in [6, 6.07) is 5.23. The number of halogens is 1. The lowest BCUT2D eigenvalue weighted by Gasteiger charge is -2.15. The monoisotopic (exact) mass is 224 g/mol. The molecule has 0 aliphatic carbocycles. The molecule has 1 aromatic heterocycles. The molecule has 1 aromatic carbocycles. The van der Waals surface area contributed by atoms with Crippen molar-refractivity contribution in [2.75, 3.05) is 11.9 Å². The maximum absolute atomic E-state index is 13.3. The molecule has 2 rings (SSSR count). The van der Waals surface area contributed by atoms with Crippen molar-refractivity contribution in [2.45, 2.75) is 19.5 Å². The summed E-state index contributed by atoms with van der Waals surface area (Å²) in [4.78, 5) is 13.6. The van der Waals surface area contributed by atoms with E-state index in [4.69, 9.17) is 4.42 Å². The van der Waals surface area contributed by atoms with Gasteiger partial charge >= 0.3 is 5.76 Å². The van der Waals surface area contributed by atoms with Crippen LogP contribution in [0.1, 0.15) is 13.8 Å². The molecule has 0 radical (unpaired) electrons. The van der Waals surface area contributed by atoms with Crippen LogP contribution in [0, 0.1) is 0 Å². The van der Waals surface area contributed by atoms with E-state index in [0.717, 1.165) is 0 Å². The Kier molecular flexibility index (Phi) is 2.46. The number of nitrogens with one attached hydrogen (secondary N) is 2. The number of fused-ring (bicyclic) bond motifs is 1. The van der Waals surface area contributed by atoms with Gasteiger partial charge in [0, 0.05) is 6.54 Å². The Bertz CT molecular complexity index is 551. The van der Waals surface area contributed by atoms with E-state index < -0.39 is 11.4 Å². The topological polar surface area (TPSA) is 58.0 Å². The number of benzene rings is 1. The van der Waals surface area contributed by atoms with Gasteiger partial charge in [0.15, 0.2) is 5.58 Å². The first-order valence-electron chi connectivity index (χ1n) is 5.00. The second-order valence-electron chi connectivity index (χ2n) is 4.27. The van der Waals surface area contributed by atoms with Crippen molar-refractivity contribution in [3.05, 3.63) is 28.7 Å². The summed E-state index contributed by atoms with van der Waals surface area (Å²) in [5, 5.41) is 2.91. The minimum Gasteiger partial charge on any atom is -0.406 e. The van der Waals surface area contributed by atoms with Gasteiger partial charge in [-0.15, -0.1) is 0 Å². The first kappa shape index (κ1) is 10.7. The van der Waals surface area contributed by atoms with Crippen molar-refractivity contribution < 1.29 is 8.81 Å². The highest BCUT2D eigenvalue weighted by Crippen LogP contribution is 2.21. The zero-order chi connectivity index (χ0) is 11.8. The summed E-state index contributed by atoms with van der Waals surface area (Å²) in [7, 11) is 0. The number of rotatable bonds is 3. The van der Waals surface area contributed by atoms with Crippen LogP contribution >= 0.6 is 0 Å². The Hall–Kier alpha value is -1.78. The van der Waals surface area contributed by atoms with Gasteiger partial charge in [0.2, 0.25) is 0 Å². The number of hydrogen-bond acceptors (Lipinski definition) is 3. The standard InChI is InChI=1S/C11H13FN2O2/c1-11(2,12)6-13-7-4-3-5-8-9(7)16-10(15)14-8/h3-5,13H,6H2,1-2H3,(H,14,15). The summed E-state index contributed by atoms with van der Waals surface area (Å²) in [6.07, 6.45) is 0. The smallest absolute Gasteiger partial charge is 0.406 e. The van der Waals surface area contributed by atoms with Crippen LogP contribution in [0.2, 0.25) is 0 Å². The van der Waals surface area contributed by atoms with Gasteiger partial charge in [-0.1, -0.05) is 6.07 Å². The molecule has 0 saturated carbocycles. The Balaban J connectivity index is 2.33. The lowest BCUT2D eigenvalue weighted by atomic mass is 10.1. The quantitative estimate of drug-likeness (QED) is 0.840. The van der Waals surface area contributed by atoms with Gasteiger partial charge in [-0.05, 0) is 26.0 Å². The molecule has 0 saturated heterocycles. The summed E-state index contributed by atoms with van der Waals surface area (Å²) < 4.78 is 18.3. The summed E-state index contributed by atoms with van der Waals surface area (Å²) in [5.74, 6) is -0.510. The molecule has 0 bridgehead atoms. The first-order valence-corrected chi connectivity index (χ1v) is 5.00. The van der Waals surface area contributed by atoms with Gasteiger partial charge < -0.3 is 9.73 Å². The third-order valence-corrected chi connectivity index (χ3v) is 2.15. The molecular weight excluding hydrogens is 211 g/mol. The van der Waals surface area contributed by atoms with E-state index in [2.05, 4.69) is 10.3 Å². The predicted molar refractivity (Wildman–Crippen MR) is 60.5 cm³/mol. The van der Waals surface area contributed by atoms with Gasteiger partial charge in [0.05, 0.1) is 11.2 Å². The average Bonchev–Trinajstić information content (AvgIpc) is 2.54. The maximum Gasteiger partial charge on any atom is 0.417 e. The number of hydrogen-bond donors (Lipinski definition) is 2. The van der Waals surface area contributed by atoms with Crippen LogP contribution in [0.3, 0.4) is 0 Å². The van der Waals surface area contributed by atoms with E-state index in [-0.39, 0.29) is 6.54 Å². The zero-order valence-electron chi connectivity index (χ0n) is 9.13. The van der Waals surface area contributed by atoms with Gasteiger partial charge in [-0.25, -0.2) is 9.18 Å². The van der Waals surface area contributed by atoms with E-state index in [1.807, 2.05) is 0 Å². The number of oxazole rings is 1. The fourth-order valence-corrected chi connectivity index (χ4v) is 1.42. The molecule has 0 aliphatic rings. The average molecular weight is 224 g/mol. The third-order valence-electron chi connectivity index (χ3n) is 2.15. The second kappa shape index (κ2) is 3.66. The largest absolute Gasteiger partial charge is 0.417 e. The molecule has 86 valence electrons. The molecule has 1 heterocycles. The van der Waals surface area contributed by atoms with Crippen LogP contribution in [0.5, 0.6) is 0 Å². The predicted octanol–water partition coefficient (Wildman–Crippen LogP) is 2.28. The van der Waals surface area contributed by atoms with E-state index in [9.17, 15) is 9.18 Å². The van der Waals surface area contributed by atoms with Crippen molar-refractivity contribution >= 4 is 16.8 Å². The highest BCUT2D eigenvalue weighted by Gasteiger charge is 2.16. The van der Waals surface area contributed by atoms with Crippen LogP contribution in [0.25, 0.3) is 11.1 Å². The lowest BCUT2D eigenvalue weighted by molar-refractivity contribution is 0.235. The molecule has 0 spiro atoms. The maximum atomic E-state index is 13.3. The molecule has 2 N–H and O–H groups in total. The first-order chi connectivity index (χ1) is 7.46. The Morgan fingerprint density at radius 1 is 1.50 bits per heavy atom. The van der Waals surface area contributed by atoms with Crippen molar-refractivity contribution in [3.8, 4) is 0 Å². The lowest BCUT2D eigenvalue weighted by Crippen LogP contribution is -2.24. The Labute approximate surface area is 91.5 Å². The molecule has 5 heteroatoms. The molecule has 2 aromatic rings. The van der Waals surface area contributed by atoms with Gasteiger partial charge in [-0.3, -0.25) is 4.98 Å².